The van der Waals surface area contributed by atoms with E-state index >= 15 is 0 Å². The molecule has 52 valence electrons. The lowest BCUT2D eigenvalue weighted by atomic mass is 10.4. The fourth-order valence-electron chi connectivity index (χ4n) is 0.164. The maximum atomic E-state index is 8.47. The lowest BCUT2D eigenvalue weighted by Crippen LogP contribution is -2.16. The Labute approximate surface area is 50.7 Å². The minimum Gasteiger partial charge on any atom is -0.394 e. The summed E-state index contributed by atoms with van der Waals surface area (Å²) in [7, 11) is 1.98. The topological polar surface area (TPSA) is 84.7 Å². The van der Waals surface area contributed by atoms with Gasteiger partial charge in [0.15, 0.2) is 0 Å². The first-order valence-corrected chi connectivity index (χ1v) is 2.39. The summed E-state index contributed by atoms with van der Waals surface area (Å²) in [6, 6.07) is 0. The Morgan fingerprint density at radius 1 is 1.62 bits per heavy atom. The van der Waals surface area contributed by atoms with Crippen LogP contribution in [0, 0.1) is 0 Å². The van der Waals surface area contributed by atoms with Crippen molar-refractivity contribution in [1.82, 2.24) is 6.15 Å². The zero-order valence-corrected chi connectivity index (χ0v) is 5.73. The monoisotopic (exact) mass is 141 g/mol. The molecule has 4 nitrogen and oxygen atoms in total. The quantitative estimate of drug-likeness (QED) is 0.454. The Balaban J connectivity index is 0. The molecule has 2 unspecified atom stereocenters. The van der Waals surface area contributed by atoms with Gasteiger partial charge in [-0.2, -0.15) is 0 Å². The number of aliphatic hydroxyl groups is 2. The van der Waals surface area contributed by atoms with Crippen LogP contribution in [0.1, 0.15) is 0 Å². The van der Waals surface area contributed by atoms with Crippen molar-refractivity contribution in [3.63, 3.8) is 0 Å². The van der Waals surface area contributed by atoms with Crippen LogP contribution in [0.25, 0.3) is 0 Å². The van der Waals surface area contributed by atoms with Crippen molar-refractivity contribution in [2.75, 3.05) is 13.2 Å². The van der Waals surface area contributed by atoms with Gasteiger partial charge in [0.1, 0.15) is 6.10 Å². The van der Waals surface area contributed by atoms with Crippen LogP contribution in [0.5, 0.6) is 0 Å². The van der Waals surface area contributed by atoms with Crippen LogP contribution in [0.15, 0.2) is 0 Å². The highest BCUT2D eigenvalue weighted by molar-refractivity contribution is 7.09. The van der Waals surface area contributed by atoms with Gasteiger partial charge in [-0.1, -0.05) is 0 Å². The second-order valence-corrected chi connectivity index (χ2v) is 1.50. The second kappa shape index (κ2) is 7.27. The molecule has 0 aliphatic carbocycles. The molecular weight excluding hydrogens is 129 g/mol. The van der Waals surface area contributed by atoms with Gasteiger partial charge in [-0.05, 0) is 0 Å². The summed E-state index contributed by atoms with van der Waals surface area (Å²) in [6.07, 6.45) is -0.738. The number of hydrogen-bond donors (Lipinski definition) is 3. The van der Waals surface area contributed by atoms with E-state index in [1.165, 1.54) is 0 Å². The van der Waals surface area contributed by atoms with Crippen LogP contribution in [0.2, 0.25) is 0 Å². The summed E-state index contributed by atoms with van der Waals surface area (Å²) in [5, 5.41) is 16.6. The maximum Gasteiger partial charge on any atom is 0.101 e. The number of aliphatic hydroxyl groups excluding tert-OH is 2. The highest BCUT2D eigenvalue weighted by Gasteiger charge is 1.96. The summed E-state index contributed by atoms with van der Waals surface area (Å²) in [5.74, 6) is 0. The van der Waals surface area contributed by atoms with Gasteiger partial charge in [0, 0.05) is 9.47 Å². The average Bonchev–Trinajstić information content (AvgIpc) is 1.68. The summed E-state index contributed by atoms with van der Waals surface area (Å²) >= 11 is 0. The molecule has 5 heteroatoms. The van der Waals surface area contributed by atoms with E-state index in [1.807, 2.05) is 9.47 Å². The zero-order valence-electron chi connectivity index (χ0n) is 4.58. The molecule has 2 atom stereocenters. The summed E-state index contributed by atoms with van der Waals surface area (Å²) in [6.45, 7) is -0.0738. The third-order valence-corrected chi connectivity index (χ3v) is 0.692. The normalized spacial score (nSPS) is 12.4. The molecule has 0 spiro atoms. The molecule has 0 aromatic rings. The van der Waals surface area contributed by atoms with Gasteiger partial charge >= 0.3 is 0 Å². The van der Waals surface area contributed by atoms with E-state index in [4.69, 9.17) is 10.2 Å². The third-order valence-electron chi connectivity index (χ3n) is 0.499. The summed E-state index contributed by atoms with van der Waals surface area (Å²) in [5.41, 5.74) is 0. The molecule has 0 aromatic carbocycles. The fraction of sp³-hybridized carbons (Fsp3) is 1.00. The molecule has 0 saturated heterocycles. The van der Waals surface area contributed by atoms with Crippen LogP contribution in [-0.4, -0.2) is 29.5 Å². The Bertz CT molecular complexity index is 45.5. The third kappa shape index (κ3) is 6.27. The molecule has 0 bridgehead atoms. The fourth-order valence-corrected chi connectivity index (χ4v) is 0.386. The number of hydrogen-bond acceptors (Lipinski definition) is 4. The first-order chi connectivity index (χ1) is 3.31. The highest BCUT2D eigenvalue weighted by atomic mass is 31.0. The van der Waals surface area contributed by atoms with E-state index < -0.39 is 6.10 Å². The lowest BCUT2D eigenvalue weighted by Gasteiger charge is -2.01. The molecule has 0 radical (unpaired) electrons. The van der Waals surface area contributed by atoms with Crippen LogP contribution >= 0.6 is 9.47 Å². The largest absolute Gasteiger partial charge is 0.394 e. The van der Waals surface area contributed by atoms with E-state index in [1.54, 1.807) is 0 Å². The molecule has 0 heterocycles. The van der Waals surface area contributed by atoms with Crippen LogP contribution in [0.3, 0.4) is 0 Å². The van der Waals surface area contributed by atoms with E-state index in [9.17, 15) is 0 Å². The zero-order chi connectivity index (χ0) is 5.70. The van der Waals surface area contributed by atoms with Crippen molar-refractivity contribution in [3.8, 4) is 0 Å². The SMILES string of the molecule is N.OCC(O)COP. The molecule has 0 fully saturated rings. The predicted molar refractivity (Wildman–Crippen MR) is 33.8 cm³/mol. The first kappa shape index (κ1) is 11.1. The van der Waals surface area contributed by atoms with Crippen molar-refractivity contribution >= 4 is 9.47 Å². The van der Waals surface area contributed by atoms with Gasteiger partial charge in [0.05, 0.1) is 13.2 Å². The van der Waals surface area contributed by atoms with Gasteiger partial charge in [-0.3, -0.25) is 0 Å². The average molecular weight is 141 g/mol. The predicted octanol–water partition coefficient (Wildman–Crippen LogP) is -0.692. The molecule has 8 heavy (non-hydrogen) atoms. The van der Waals surface area contributed by atoms with E-state index in [-0.39, 0.29) is 19.4 Å². The van der Waals surface area contributed by atoms with Crippen molar-refractivity contribution < 1.29 is 14.7 Å². The van der Waals surface area contributed by atoms with Crippen molar-refractivity contribution in [2.24, 2.45) is 0 Å². The van der Waals surface area contributed by atoms with Gasteiger partial charge in [-0.25, -0.2) is 0 Å². The smallest absolute Gasteiger partial charge is 0.101 e. The summed E-state index contributed by atoms with van der Waals surface area (Å²) in [4.78, 5) is 0. The minimum absolute atomic E-state index is 0. The Morgan fingerprint density at radius 3 is 2.25 bits per heavy atom. The van der Waals surface area contributed by atoms with Crippen LogP contribution < -0.4 is 6.15 Å². The standard InChI is InChI=1S/C3H9O3P.H3N/c4-1-3(5)2-6-7;/h3-5H,1-2,7H2;1H3. The molecule has 0 amide bonds. The molecule has 0 aliphatic heterocycles. The minimum atomic E-state index is -0.738. The van der Waals surface area contributed by atoms with Crippen molar-refractivity contribution in [3.05, 3.63) is 0 Å². The molecule has 0 aliphatic rings. The molecular formula is C3H12NO3P. The highest BCUT2D eigenvalue weighted by Crippen LogP contribution is 1.87. The van der Waals surface area contributed by atoms with Crippen LogP contribution in [0.4, 0.5) is 0 Å². The van der Waals surface area contributed by atoms with Crippen LogP contribution in [-0.2, 0) is 4.52 Å². The Hall–Kier alpha value is 0.270. The van der Waals surface area contributed by atoms with E-state index in [0.717, 1.165) is 0 Å². The van der Waals surface area contributed by atoms with E-state index in [0.29, 0.717) is 0 Å². The lowest BCUT2D eigenvalue weighted by molar-refractivity contribution is 0.0598. The molecule has 0 rings (SSSR count). The second-order valence-electron chi connectivity index (χ2n) is 1.17. The molecule has 0 aromatic heterocycles. The van der Waals surface area contributed by atoms with Crippen molar-refractivity contribution in [1.29, 1.82) is 0 Å². The Kier molecular flexibility index (Phi) is 10.1. The maximum absolute atomic E-state index is 8.47. The van der Waals surface area contributed by atoms with Crippen molar-refractivity contribution in [2.45, 2.75) is 6.10 Å². The van der Waals surface area contributed by atoms with Gasteiger partial charge in [0.25, 0.3) is 0 Å². The van der Waals surface area contributed by atoms with Gasteiger partial charge in [-0.15, -0.1) is 0 Å². The molecule has 0 saturated carbocycles. The molecule has 5 N–H and O–H groups in total. The van der Waals surface area contributed by atoms with Gasteiger partial charge in [0.2, 0.25) is 0 Å². The summed E-state index contributed by atoms with van der Waals surface area (Å²) < 4.78 is 4.40. The Morgan fingerprint density at radius 2 is 2.12 bits per heavy atom. The first-order valence-electron chi connectivity index (χ1n) is 1.92. The number of rotatable bonds is 3. The van der Waals surface area contributed by atoms with Gasteiger partial charge < -0.3 is 20.9 Å². The van der Waals surface area contributed by atoms with E-state index in [2.05, 4.69) is 4.52 Å².